The lowest BCUT2D eigenvalue weighted by atomic mass is 10.1. The molecule has 3 rings (SSSR count). The Morgan fingerprint density at radius 2 is 1.74 bits per heavy atom. The second kappa shape index (κ2) is 6.34. The predicted octanol–water partition coefficient (Wildman–Crippen LogP) is 3.36. The Hall–Kier alpha value is -2.47. The van der Waals surface area contributed by atoms with E-state index in [1.807, 2.05) is 37.3 Å². The average Bonchev–Trinajstić information content (AvgIpc) is 2.58. The molecule has 116 valence electrons. The Labute approximate surface area is 141 Å². The van der Waals surface area contributed by atoms with Gasteiger partial charge in [-0.1, -0.05) is 30.3 Å². The molecule has 1 atom stereocenters. The summed E-state index contributed by atoms with van der Waals surface area (Å²) in [6.45, 7) is 1.94. The van der Waals surface area contributed by atoms with Crippen molar-refractivity contribution in [2.75, 3.05) is 10.6 Å². The molecule has 0 fully saturated rings. The van der Waals surface area contributed by atoms with Gasteiger partial charge in [0.15, 0.2) is 0 Å². The standard InChI is InChI=1S/C17H14BrN3O2/c1-10(11-5-3-2-4-6-11)20-14-15(17(23)16(14)22)21-13-7-12(18)8-19-9-13/h2-10,20-21H,1H3. The lowest BCUT2D eigenvalue weighted by Crippen LogP contribution is -2.37. The molecule has 2 N–H and O–H groups in total. The van der Waals surface area contributed by atoms with Crippen molar-refractivity contribution in [1.29, 1.82) is 0 Å². The predicted molar refractivity (Wildman–Crippen MR) is 95.1 cm³/mol. The number of hydrogen-bond acceptors (Lipinski definition) is 5. The van der Waals surface area contributed by atoms with E-state index in [9.17, 15) is 9.59 Å². The van der Waals surface area contributed by atoms with Crippen molar-refractivity contribution >= 4 is 33.0 Å². The van der Waals surface area contributed by atoms with Gasteiger partial charge in [-0.3, -0.25) is 14.6 Å². The highest BCUT2D eigenvalue weighted by Gasteiger charge is 2.22. The Morgan fingerprint density at radius 1 is 1.04 bits per heavy atom. The van der Waals surface area contributed by atoms with Crippen molar-refractivity contribution in [3.05, 3.63) is 79.3 Å². The van der Waals surface area contributed by atoms with Gasteiger partial charge in [-0.2, -0.15) is 0 Å². The first-order valence-electron chi connectivity index (χ1n) is 7.08. The largest absolute Gasteiger partial charge is 0.373 e. The first-order valence-corrected chi connectivity index (χ1v) is 7.88. The smallest absolute Gasteiger partial charge is 0.253 e. The molecule has 0 amide bonds. The number of aromatic nitrogens is 1. The number of halogens is 1. The van der Waals surface area contributed by atoms with Gasteiger partial charge in [0.1, 0.15) is 11.4 Å². The van der Waals surface area contributed by atoms with Crippen LogP contribution in [-0.2, 0) is 0 Å². The van der Waals surface area contributed by atoms with E-state index >= 15 is 0 Å². The monoisotopic (exact) mass is 371 g/mol. The maximum Gasteiger partial charge on any atom is 0.253 e. The minimum absolute atomic E-state index is 0.0827. The number of nitrogens with one attached hydrogen (secondary N) is 2. The van der Waals surface area contributed by atoms with E-state index < -0.39 is 10.9 Å². The zero-order chi connectivity index (χ0) is 16.4. The van der Waals surface area contributed by atoms with E-state index in [4.69, 9.17) is 0 Å². The summed E-state index contributed by atoms with van der Waals surface area (Å²) in [4.78, 5) is 27.7. The van der Waals surface area contributed by atoms with Crippen molar-refractivity contribution in [2.24, 2.45) is 0 Å². The van der Waals surface area contributed by atoms with Gasteiger partial charge in [0.05, 0.1) is 11.9 Å². The van der Waals surface area contributed by atoms with Crippen molar-refractivity contribution in [1.82, 2.24) is 4.98 Å². The van der Waals surface area contributed by atoms with Crippen LogP contribution in [0.2, 0.25) is 0 Å². The molecule has 1 unspecified atom stereocenters. The third-order valence-corrected chi connectivity index (χ3v) is 3.98. The van der Waals surface area contributed by atoms with Crippen molar-refractivity contribution in [3.8, 4) is 0 Å². The fourth-order valence-electron chi connectivity index (χ4n) is 2.31. The summed E-state index contributed by atoms with van der Waals surface area (Å²) < 4.78 is 0.786. The first-order chi connectivity index (χ1) is 11.1. The Morgan fingerprint density at radius 3 is 2.43 bits per heavy atom. The van der Waals surface area contributed by atoms with Crippen LogP contribution < -0.4 is 21.5 Å². The van der Waals surface area contributed by atoms with Gasteiger partial charge in [-0.25, -0.2) is 0 Å². The van der Waals surface area contributed by atoms with Gasteiger partial charge < -0.3 is 10.6 Å². The van der Waals surface area contributed by atoms with Crippen molar-refractivity contribution in [2.45, 2.75) is 13.0 Å². The zero-order valence-corrected chi connectivity index (χ0v) is 13.9. The molecule has 2 aromatic carbocycles. The summed E-state index contributed by atoms with van der Waals surface area (Å²) in [6.07, 6.45) is 3.23. The number of pyridine rings is 1. The molecule has 0 saturated carbocycles. The Kier molecular flexibility index (Phi) is 4.25. The summed E-state index contributed by atoms with van der Waals surface area (Å²) in [5, 5.41) is 6.07. The third kappa shape index (κ3) is 3.17. The van der Waals surface area contributed by atoms with Crippen LogP contribution in [0.5, 0.6) is 0 Å². The van der Waals surface area contributed by atoms with Crippen LogP contribution in [0.25, 0.3) is 0 Å². The van der Waals surface area contributed by atoms with E-state index in [1.165, 1.54) is 0 Å². The second-order valence-corrected chi connectivity index (χ2v) is 6.12. The number of rotatable bonds is 5. The fraction of sp³-hybridized carbons (Fsp3) is 0.118. The molecule has 0 saturated heterocycles. The average molecular weight is 372 g/mol. The highest BCUT2D eigenvalue weighted by atomic mass is 79.9. The molecule has 6 heteroatoms. The van der Waals surface area contributed by atoms with Crippen LogP contribution in [0.4, 0.5) is 17.1 Å². The molecule has 0 spiro atoms. The van der Waals surface area contributed by atoms with E-state index in [1.54, 1.807) is 18.5 Å². The van der Waals surface area contributed by atoms with Gasteiger partial charge >= 0.3 is 0 Å². The van der Waals surface area contributed by atoms with Crippen LogP contribution >= 0.6 is 15.9 Å². The van der Waals surface area contributed by atoms with Crippen LogP contribution in [0, 0.1) is 0 Å². The molecule has 3 aromatic rings. The lowest BCUT2D eigenvalue weighted by Gasteiger charge is -2.19. The van der Waals surface area contributed by atoms with Crippen molar-refractivity contribution in [3.63, 3.8) is 0 Å². The molecule has 5 nitrogen and oxygen atoms in total. The van der Waals surface area contributed by atoms with Gasteiger partial charge in [0.25, 0.3) is 10.9 Å². The maximum atomic E-state index is 11.9. The lowest BCUT2D eigenvalue weighted by molar-refractivity contribution is 0.880. The number of benzene rings is 1. The molecule has 0 bridgehead atoms. The first kappa shape index (κ1) is 15.4. The van der Waals surface area contributed by atoms with Crippen LogP contribution in [0.3, 0.4) is 0 Å². The van der Waals surface area contributed by atoms with Gasteiger partial charge in [0, 0.05) is 16.7 Å². The maximum absolute atomic E-state index is 11.9. The molecule has 0 radical (unpaired) electrons. The molecule has 1 heterocycles. The normalized spacial score (nSPS) is 12.1. The second-order valence-electron chi connectivity index (χ2n) is 5.20. The van der Waals surface area contributed by atoms with Gasteiger partial charge in [-0.15, -0.1) is 0 Å². The zero-order valence-electron chi connectivity index (χ0n) is 12.3. The topological polar surface area (TPSA) is 71.1 Å². The number of anilines is 3. The number of hydrogen-bond donors (Lipinski definition) is 2. The van der Waals surface area contributed by atoms with Crippen LogP contribution in [-0.4, -0.2) is 4.98 Å². The highest BCUT2D eigenvalue weighted by Crippen LogP contribution is 2.25. The third-order valence-electron chi connectivity index (χ3n) is 3.54. The summed E-state index contributed by atoms with van der Waals surface area (Å²) in [5.74, 6) is 0. The molecule has 1 aromatic heterocycles. The molecular formula is C17H14BrN3O2. The van der Waals surface area contributed by atoms with E-state index in [-0.39, 0.29) is 11.7 Å². The van der Waals surface area contributed by atoms with Crippen LogP contribution in [0.15, 0.2) is 62.9 Å². The quantitative estimate of drug-likeness (QED) is 0.672. The SMILES string of the molecule is CC(Nc1c(Nc2cncc(Br)c2)c(=O)c1=O)c1ccccc1. The minimum atomic E-state index is -0.521. The van der Waals surface area contributed by atoms with E-state index in [2.05, 4.69) is 31.5 Å². The summed E-state index contributed by atoms with van der Waals surface area (Å²) in [5.41, 5.74) is 1.24. The molecule has 0 aliphatic heterocycles. The van der Waals surface area contributed by atoms with Gasteiger partial charge in [-0.05, 0) is 34.5 Å². The molecular weight excluding hydrogens is 358 g/mol. The summed E-state index contributed by atoms with van der Waals surface area (Å²) >= 11 is 3.32. The molecule has 0 aliphatic carbocycles. The van der Waals surface area contributed by atoms with Crippen molar-refractivity contribution < 1.29 is 0 Å². The Bertz CT molecular complexity index is 902. The highest BCUT2D eigenvalue weighted by molar-refractivity contribution is 9.10. The van der Waals surface area contributed by atoms with Gasteiger partial charge in [0.2, 0.25) is 0 Å². The molecule has 0 aliphatic rings. The summed E-state index contributed by atoms with van der Waals surface area (Å²) in [7, 11) is 0. The number of nitrogens with zero attached hydrogens (tertiary/aromatic N) is 1. The molecule has 23 heavy (non-hydrogen) atoms. The van der Waals surface area contributed by atoms with Crippen LogP contribution in [0.1, 0.15) is 18.5 Å². The van der Waals surface area contributed by atoms with E-state index in [0.717, 1.165) is 10.0 Å². The fourth-order valence-corrected chi connectivity index (χ4v) is 2.68. The Balaban J connectivity index is 1.83. The van der Waals surface area contributed by atoms with E-state index in [0.29, 0.717) is 11.4 Å². The minimum Gasteiger partial charge on any atom is -0.373 e. The summed E-state index contributed by atoms with van der Waals surface area (Å²) in [6, 6.07) is 11.4.